The maximum atomic E-state index is 13.1. The van der Waals surface area contributed by atoms with Gasteiger partial charge in [-0.25, -0.2) is 0 Å². The summed E-state index contributed by atoms with van der Waals surface area (Å²) in [6.45, 7) is 5.36. The fourth-order valence-electron chi connectivity index (χ4n) is 2.77. The smallest absolute Gasteiger partial charge is 0.399 e. The summed E-state index contributed by atoms with van der Waals surface area (Å²) in [6.07, 6.45) is -4.00. The lowest BCUT2D eigenvalue weighted by Crippen LogP contribution is -2.10. The first-order valence-electron chi connectivity index (χ1n) is 9.66. The van der Waals surface area contributed by atoms with Crippen molar-refractivity contribution >= 4 is 17.8 Å². The first-order valence-corrected chi connectivity index (χ1v) is 9.66. The molecule has 0 bridgehead atoms. The van der Waals surface area contributed by atoms with Gasteiger partial charge in [0.15, 0.2) is 0 Å². The van der Waals surface area contributed by atoms with Crippen LogP contribution in [-0.2, 0) is 27.3 Å². The average molecular weight is 462 g/mol. The number of nitrogens with one attached hydrogen (secondary N) is 1. The highest BCUT2D eigenvalue weighted by atomic mass is 19.4. The molecule has 0 aliphatic carbocycles. The molecular weight excluding hydrogens is 437 g/mol. The lowest BCUT2D eigenvalue weighted by atomic mass is 10.00. The van der Waals surface area contributed by atoms with Gasteiger partial charge in [-0.3, -0.25) is 4.79 Å². The van der Waals surface area contributed by atoms with Crippen molar-refractivity contribution < 1.29 is 27.6 Å². The normalized spacial score (nSPS) is 11.6. The third-order valence-electron chi connectivity index (χ3n) is 4.42. The Morgan fingerprint density at radius 1 is 1.18 bits per heavy atom. The van der Waals surface area contributed by atoms with Crippen molar-refractivity contribution in [3.05, 3.63) is 69.8 Å². The molecule has 176 valence electrons. The van der Waals surface area contributed by atoms with E-state index in [0.29, 0.717) is 12.1 Å². The van der Waals surface area contributed by atoms with Crippen LogP contribution in [0.1, 0.15) is 47.2 Å². The van der Waals surface area contributed by atoms with Gasteiger partial charge in [0.1, 0.15) is 13.7 Å². The molecule has 0 atom stereocenters. The maximum absolute atomic E-state index is 13.1. The van der Waals surface area contributed by atoms with Gasteiger partial charge < -0.3 is 15.0 Å². The molecule has 33 heavy (non-hydrogen) atoms. The molecule has 0 saturated heterocycles. The van der Waals surface area contributed by atoms with Gasteiger partial charge in [-0.2, -0.15) is 18.4 Å². The predicted molar refractivity (Wildman–Crippen MR) is 119 cm³/mol. The molecule has 10 heteroatoms. The molecular formula is C23H25F3N4O3. The lowest BCUT2D eigenvalue weighted by Gasteiger charge is -2.12. The van der Waals surface area contributed by atoms with E-state index in [1.54, 1.807) is 20.0 Å². The minimum atomic E-state index is -4.63. The van der Waals surface area contributed by atoms with Crippen molar-refractivity contribution in [2.24, 2.45) is 10.3 Å². The number of rotatable bonds is 7. The molecule has 0 aliphatic heterocycles. The minimum Gasteiger partial charge on any atom is -0.399 e. The second-order valence-corrected chi connectivity index (χ2v) is 6.69. The van der Waals surface area contributed by atoms with Crippen molar-refractivity contribution in [3.63, 3.8) is 0 Å². The molecule has 0 spiro atoms. The zero-order valence-corrected chi connectivity index (χ0v) is 18.9. The van der Waals surface area contributed by atoms with E-state index in [-0.39, 0.29) is 17.9 Å². The fourth-order valence-corrected chi connectivity index (χ4v) is 2.77. The van der Waals surface area contributed by atoms with Gasteiger partial charge in [0, 0.05) is 18.2 Å². The standard InChI is InChI=1S/C21H20F3N3O2.C2H5NO/c1-13-6-5-7-18(15(3)26-28-4)19(13)12-29-27-14(2)16-8-9-17(11-25)20(10-16)21(22,23)24;1-3-2-4/h5-10H,12H2,1-4H3;2H,1H3,(H,3,4)/b26-15-,27-14+;. The molecule has 0 radical (unpaired) electrons. The van der Waals surface area contributed by atoms with Gasteiger partial charge in [0.25, 0.3) is 0 Å². The maximum Gasteiger partial charge on any atom is 0.417 e. The van der Waals surface area contributed by atoms with Crippen molar-refractivity contribution in [1.29, 1.82) is 5.26 Å². The van der Waals surface area contributed by atoms with Crippen LogP contribution in [0.25, 0.3) is 0 Å². The number of nitriles is 1. The molecule has 0 aromatic heterocycles. The van der Waals surface area contributed by atoms with Gasteiger partial charge in [0.2, 0.25) is 6.41 Å². The number of benzene rings is 2. The number of alkyl halides is 3. The predicted octanol–water partition coefficient (Wildman–Crippen LogP) is 4.56. The molecule has 0 saturated carbocycles. The molecule has 0 unspecified atom stereocenters. The molecule has 0 aliphatic rings. The molecule has 2 aromatic carbocycles. The van der Waals surface area contributed by atoms with Crippen molar-refractivity contribution in [3.8, 4) is 6.07 Å². The largest absolute Gasteiger partial charge is 0.417 e. The van der Waals surface area contributed by atoms with E-state index >= 15 is 0 Å². The van der Waals surface area contributed by atoms with Gasteiger partial charge in [-0.15, -0.1) is 0 Å². The summed E-state index contributed by atoms with van der Waals surface area (Å²) in [4.78, 5) is 19.3. The summed E-state index contributed by atoms with van der Waals surface area (Å²) < 4.78 is 39.4. The summed E-state index contributed by atoms with van der Waals surface area (Å²) in [5.41, 5.74) is 2.34. The van der Waals surface area contributed by atoms with Crippen LogP contribution in [0.15, 0.2) is 46.7 Å². The summed E-state index contributed by atoms with van der Waals surface area (Å²) in [5, 5.41) is 19.0. The van der Waals surface area contributed by atoms with Crippen LogP contribution in [0.5, 0.6) is 0 Å². The number of nitrogens with zero attached hydrogens (tertiary/aromatic N) is 3. The van der Waals surface area contributed by atoms with E-state index in [1.165, 1.54) is 20.1 Å². The Labute approximate surface area is 190 Å². The van der Waals surface area contributed by atoms with Gasteiger partial charge in [-0.05, 0) is 44.0 Å². The Hall–Kier alpha value is -3.87. The summed E-state index contributed by atoms with van der Waals surface area (Å²) in [7, 11) is 3.02. The van der Waals surface area contributed by atoms with E-state index in [9.17, 15) is 13.2 Å². The van der Waals surface area contributed by atoms with Crippen molar-refractivity contribution in [2.45, 2.75) is 33.6 Å². The summed E-state index contributed by atoms with van der Waals surface area (Å²) >= 11 is 0. The van der Waals surface area contributed by atoms with Crippen LogP contribution in [0.4, 0.5) is 13.2 Å². The number of carbonyl (C=O) groups excluding carboxylic acids is 1. The number of amides is 1. The average Bonchev–Trinajstić information content (AvgIpc) is 2.79. The Balaban J connectivity index is 0.00000125. The molecule has 0 fully saturated rings. The molecule has 1 N–H and O–H groups in total. The van der Waals surface area contributed by atoms with Crippen molar-refractivity contribution in [1.82, 2.24) is 5.32 Å². The van der Waals surface area contributed by atoms with Crippen molar-refractivity contribution in [2.75, 3.05) is 14.2 Å². The second kappa shape index (κ2) is 12.9. The lowest BCUT2D eigenvalue weighted by molar-refractivity contribution is -0.137. The van der Waals surface area contributed by atoms with E-state index in [2.05, 4.69) is 15.6 Å². The first kappa shape index (κ1) is 27.2. The number of carbonyl (C=O) groups is 1. The van der Waals surface area contributed by atoms with Crippen LogP contribution in [0, 0.1) is 18.3 Å². The van der Waals surface area contributed by atoms with Crippen LogP contribution in [0.2, 0.25) is 0 Å². The molecule has 7 nitrogen and oxygen atoms in total. The third kappa shape index (κ3) is 7.96. The number of aryl methyl sites for hydroxylation is 1. The van der Waals surface area contributed by atoms with E-state index in [1.807, 2.05) is 25.1 Å². The van der Waals surface area contributed by atoms with E-state index in [4.69, 9.17) is 19.7 Å². The third-order valence-corrected chi connectivity index (χ3v) is 4.42. The first-order chi connectivity index (χ1) is 15.6. The number of hydrogen-bond acceptors (Lipinski definition) is 6. The zero-order valence-electron chi connectivity index (χ0n) is 18.9. The number of oxime groups is 2. The fraction of sp³-hybridized carbons (Fsp3) is 0.304. The number of halogens is 3. The molecule has 1 amide bonds. The molecule has 0 heterocycles. The quantitative estimate of drug-likeness (QED) is 0.371. The molecule has 2 aromatic rings. The molecule has 2 rings (SSSR count). The van der Waals surface area contributed by atoms with Crippen LogP contribution in [-0.4, -0.2) is 32.0 Å². The SMILES string of the molecule is CNC=O.CO/N=C(/C)c1cccc(C)c1CO/N=C(\C)c1ccc(C#N)c(C(F)(F)F)c1. The van der Waals surface area contributed by atoms with Gasteiger partial charge in [-0.1, -0.05) is 34.6 Å². The highest BCUT2D eigenvalue weighted by molar-refractivity contribution is 6.00. The van der Waals surface area contributed by atoms with E-state index < -0.39 is 17.3 Å². The summed E-state index contributed by atoms with van der Waals surface area (Å²) in [5.74, 6) is 0. The topological polar surface area (TPSA) is 96.1 Å². The van der Waals surface area contributed by atoms with Crippen LogP contribution >= 0.6 is 0 Å². The van der Waals surface area contributed by atoms with Gasteiger partial charge in [0.05, 0.1) is 28.6 Å². The number of hydrogen-bond donors (Lipinski definition) is 1. The monoisotopic (exact) mass is 462 g/mol. The Kier molecular flexibility index (Phi) is 10.6. The van der Waals surface area contributed by atoms with Crippen LogP contribution < -0.4 is 5.32 Å². The highest BCUT2D eigenvalue weighted by Crippen LogP contribution is 2.32. The second-order valence-electron chi connectivity index (χ2n) is 6.69. The Morgan fingerprint density at radius 2 is 1.85 bits per heavy atom. The van der Waals surface area contributed by atoms with Gasteiger partial charge >= 0.3 is 6.18 Å². The zero-order chi connectivity index (χ0) is 25.0. The summed E-state index contributed by atoms with van der Waals surface area (Å²) in [6, 6.07) is 10.7. The minimum absolute atomic E-state index is 0.109. The van der Waals surface area contributed by atoms with Crippen LogP contribution in [0.3, 0.4) is 0 Å². The Morgan fingerprint density at radius 3 is 2.39 bits per heavy atom. The highest BCUT2D eigenvalue weighted by Gasteiger charge is 2.34. The Bertz CT molecular complexity index is 1060. The van der Waals surface area contributed by atoms with E-state index in [0.717, 1.165) is 28.8 Å².